The van der Waals surface area contributed by atoms with Gasteiger partial charge in [-0.15, -0.1) is 0 Å². The molecule has 0 amide bonds. The van der Waals surface area contributed by atoms with Gasteiger partial charge >= 0.3 is 105 Å². The minimum absolute atomic E-state index is 0.876. The molecule has 2 nitrogen and oxygen atoms in total. The molecule has 0 saturated carbocycles. The van der Waals surface area contributed by atoms with Crippen molar-refractivity contribution in [1.29, 1.82) is 0 Å². The normalized spacial score (nSPS) is 10.9. The second-order valence-corrected chi connectivity index (χ2v) is 8.54. The zero-order valence-electron chi connectivity index (χ0n) is 10.0. The maximum absolute atomic E-state index is 5.96. The molecule has 0 aliphatic heterocycles. The van der Waals surface area contributed by atoms with Crippen LogP contribution < -0.4 is 7.32 Å². The quantitative estimate of drug-likeness (QED) is 0.825. The Hall–Kier alpha value is -1.38. The molecule has 2 rings (SSSR count). The Morgan fingerprint density at radius 1 is 0.647 bits per heavy atom. The molecule has 0 aliphatic rings. The van der Waals surface area contributed by atoms with Gasteiger partial charge in [0.1, 0.15) is 0 Å². The first-order chi connectivity index (χ1) is 8.16. The molecule has 0 N–H and O–H groups in total. The summed E-state index contributed by atoms with van der Waals surface area (Å²) < 4.78 is 11.9. The predicted octanol–water partition coefficient (Wildman–Crippen LogP) is 4.22. The summed E-state index contributed by atoms with van der Waals surface area (Å²) in [5.74, 6) is 1.75. The van der Waals surface area contributed by atoms with Gasteiger partial charge in [-0.25, -0.2) is 0 Å². The van der Waals surface area contributed by atoms with Gasteiger partial charge in [0.25, 0.3) is 0 Å². The van der Waals surface area contributed by atoms with Crippen molar-refractivity contribution in [2.24, 2.45) is 0 Å². The fourth-order valence-electron chi connectivity index (χ4n) is 1.49. The molecule has 0 bridgehead atoms. The van der Waals surface area contributed by atoms with Crippen molar-refractivity contribution in [3.63, 3.8) is 0 Å². The first-order valence-electron chi connectivity index (χ1n) is 5.49. The van der Waals surface area contributed by atoms with Crippen LogP contribution in [0.2, 0.25) is 11.3 Å². The molecule has 0 spiro atoms. The van der Waals surface area contributed by atoms with Crippen molar-refractivity contribution in [2.45, 2.75) is 11.3 Å². The molecule has 2 aromatic rings. The second-order valence-electron chi connectivity index (χ2n) is 4.06. The Balaban J connectivity index is 2.04. The third kappa shape index (κ3) is 3.84. The van der Waals surface area contributed by atoms with E-state index in [2.05, 4.69) is 11.3 Å². The predicted molar refractivity (Wildman–Crippen MR) is 65.9 cm³/mol. The SMILES string of the molecule is [CH3][V]([CH3])([O]c1ccccc1)[O]c1ccccc1. The molecule has 3 heteroatoms. The first kappa shape index (κ1) is 12.1. The average Bonchev–Trinajstić information content (AvgIpc) is 2.30. The Labute approximate surface area is 106 Å². The topological polar surface area (TPSA) is 18.5 Å². The molecular weight excluding hydrogens is 251 g/mol. The first-order valence-corrected chi connectivity index (χ1v) is 9.42. The fraction of sp³-hybridized carbons (Fsp3) is 0.143. The van der Waals surface area contributed by atoms with E-state index in [9.17, 15) is 0 Å². The Bertz CT molecular complexity index is 411. The summed E-state index contributed by atoms with van der Waals surface area (Å²) in [7, 11) is 0. The zero-order valence-corrected chi connectivity index (χ0v) is 11.4. The van der Waals surface area contributed by atoms with Crippen molar-refractivity contribution >= 4 is 0 Å². The summed E-state index contributed by atoms with van der Waals surface area (Å²) in [4.78, 5) is 0. The van der Waals surface area contributed by atoms with Crippen LogP contribution >= 0.6 is 0 Å². The number of para-hydroxylation sites is 2. The molecule has 0 aromatic heterocycles. The number of rotatable bonds is 4. The van der Waals surface area contributed by atoms with Crippen molar-refractivity contribution in [3.05, 3.63) is 60.7 Å². The van der Waals surface area contributed by atoms with Crippen LogP contribution in [0.25, 0.3) is 0 Å². The monoisotopic (exact) mass is 267 g/mol. The summed E-state index contributed by atoms with van der Waals surface area (Å²) >= 11 is -2.54. The molecule has 0 fully saturated rings. The third-order valence-electron chi connectivity index (χ3n) is 2.14. The molecule has 2 aromatic carbocycles. The van der Waals surface area contributed by atoms with E-state index in [0.717, 1.165) is 11.5 Å². The van der Waals surface area contributed by atoms with Gasteiger partial charge in [0, 0.05) is 0 Å². The van der Waals surface area contributed by atoms with E-state index in [-0.39, 0.29) is 0 Å². The Morgan fingerprint density at radius 3 is 1.35 bits per heavy atom. The van der Waals surface area contributed by atoms with Gasteiger partial charge in [-0.3, -0.25) is 0 Å². The maximum atomic E-state index is 5.96. The van der Waals surface area contributed by atoms with Crippen LogP contribution in [-0.4, -0.2) is 0 Å². The molecule has 17 heavy (non-hydrogen) atoms. The van der Waals surface area contributed by atoms with Crippen LogP contribution in [0.1, 0.15) is 0 Å². The summed E-state index contributed by atoms with van der Waals surface area (Å²) in [6.07, 6.45) is 0. The van der Waals surface area contributed by atoms with E-state index < -0.39 is 14.7 Å². The van der Waals surface area contributed by atoms with E-state index in [1.165, 1.54) is 0 Å². The van der Waals surface area contributed by atoms with Gasteiger partial charge in [0.05, 0.1) is 0 Å². The summed E-state index contributed by atoms with van der Waals surface area (Å²) in [6.45, 7) is 0. The van der Waals surface area contributed by atoms with Crippen molar-refractivity contribution < 1.29 is 22.1 Å². The standard InChI is InChI=1S/2C6H6O.2CH3.V/c2*7-6-4-2-1-3-5-6;;;/h2*1-5,7H;2*1H3;/q;;;;+2/p-2. The van der Waals surface area contributed by atoms with E-state index in [1.807, 2.05) is 60.7 Å². The van der Waals surface area contributed by atoms with Gasteiger partial charge < -0.3 is 0 Å². The number of hydrogen-bond donors (Lipinski definition) is 0. The fourth-order valence-corrected chi connectivity index (χ4v) is 3.51. The van der Waals surface area contributed by atoms with Crippen molar-refractivity contribution in [3.8, 4) is 11.5 Å². The van der Waals surface area contributed by atoms with E-state index in [0.29, 0.717) is 0 Å². The van der Waals surface area contributed by atoms with Crippen LogP contribution in [0.15, 0.2) is 60.7 Å². The second kappa shape index (κ2) is 5.30. The van der Waals surface area contributed by atoms with Gasteiger partial charge in [-0.2, -0.15) is 0 Å². The van der Waals surface area contributed by atoms with Gasteiger partial charge in [0.2, 0.25) is 0 Å². The van der Waals surface area contributed by atoms with Crippen LogP contribution in [0.3, 0.4) is 0 Å². The molecule has 0 aliphatic carbocycles. The van der Waals surface area contributed by atoms with Crippen molar-refractivity contribution in [2.75, 3.05) is 0 Å². The molecule has 0 atom stereocenters. The number of hydrogen-bond acceptors (Lipinski definition) is 2. The van der Waals surface area contributed by atoms with E-state index in [1.54, 1.807) is 0 Å². The molecule has 0 unspecified atom stereocenters. The van der Waals surface area contributed by atoms with Gasteiger partial charge in [-0.05, 0) is 0 Å². The van der Waals surface area contributed by atoms with Crippen LogP contribution in [-0.2, 0) is 14.7 Å². The van der Waals surface area contributed by atoms with Gasteiger partial charge in [0.15, 0.2) is 0 Å². The molecule has 0 heterocycles. The van der Waals surface area contributed by atoms with Gasteiger partial charge in [-0.1, -0.05) is 0 Å². The Morgan fingerprint density at radius 2 is 1.00 bits per heavy atom. The Kier molecular flexibility index (Phi) is 3.77. The molecule has 0 saturated heterocycles. The van der Waals surface area contributed by atoms with Crippen LogP contribution in [0.4, 0.5) is 0 Å². The zero-order chi connectivity index (χ0) is 12.1. The van der Waals surface area contributed by atoms with Crippen molar-refractivity contribution in [1.82, 2.24) is 0 Å². The van der Waals surface area contributed by atoms with E-state index >= 15 is 0 Å². The number of benzene rings is 2. The molecular formula is C14H16O2V. The van der Waals surface area contributed by atoms with Crippen LogP contribution in [0.5, 0.6) is 11.5 Å². The molecule has 0 radical (unpaired) electrons. The average molecular weight is 267 g/mol. The van der Waals surface area contributed by atoms with E-state index in [4.69, 9.17) is 7.32 Å². The molecule has 89 valence electrons. The summed E-state index contributed by atoms with van der Waals surface area (Å²) in [5, 5.41) is 0. The van der Waals surface area contributed by atoms with Crippen LogP contribution in [0, 0.1) is 0 Å². The summed E-state index contributed by atoms with van der Waals surface area (Å²) in [5.41, 5.74) is 4.14. The summed E-state index contributed by atoms with van der Waals surface area (Å²) in [6, 6.07) is 19.6. The third-order valence-corrected chi connectivity index (χ3v) is 4.17. The minimum atomic E-state index is -2.54.